The lowest BCUT2D eigenvalue weighted by atomic mass is 9.87. The number of nitriles is 1. The first-order valence-electron chi connectivity index (χ1n) is 6.87. The molecule has 1 aliphatic heterocycles. The van der Waals surface area contributed by atoms with E-state index in [9.17, 15) is 10.4 Å². The molecule has 1 unspecified atom stereocenters. The van der Waals surface area contributed by atoms with Gasteiger partial charge >= 0.3 is 0 Å². The molecule has 1 aliphatic rings. The molecule has 7 nitrogen and oxygen atoms in total. The van der Waals surface area contributed by atoms with Crippen LogP contribution < -0.4 is 10.5 Å². The fourth-order valence-electron chi connectivity index (χ4n) is 2.74. The first kappa shape index (κ1) is 13.2. The van der Waals surface area contributed by atoms with Gasteiger partial charge in [-0.1, -0.05) is 6.07 Å². The van der Waals surface area contributed by atoms with Crippen LogP contribution in [0, 0.1) is 11.3 Å². The highest BCUT2D eigenvalue weighted by Gasteiger charge is 2.32. The van der Waals surface area contributed by atoms with Crippen LogP contribution in [0.4, 0.5) is 0 Å². The van der Waals surface area contributed by atoms with Gasteiger partial charge in [0.25, 0.3) is 0 Å². The number of phenolic OH excluding ortho intramolecular Hbond substituents is 1. The van der Waals surface area contributed by atoms with Gasteiger partial charge in [0, 0.05) is 30.2 Å². The van der Waals surface area contributed by atoms with Crippen LogP contribution in [0.3, 0.4) is 0 Å². The van der Waals surface area contributed by atoms with Crippen LogP contribution in [0.1, 0.15) is 17.2 Å². The molecule has 0 fully saturated rings. The molecule has 0 amide bonds. The molecule has 0 saturated carbocycles. The Bertz CT molecular complexity index is 966. The molecule has 3 N–H and O–H groups in total. The highest BCUT2D eigenvalue weighted by Crippen LogP contribution is 2.42. The van der Waals surface area contributed by atoms with Crippen LogP contribution in [0.2, 0.25) is 0 Å². The van der Waals surface area contributed by atoms with Crippen LogP contribution in [0.25, 0.3) is 5.78 Å². The summed E-state index contributed by atoms with van der Waals surface area (Å²) in [6, 6.07) is 8.61. The summed E-state index contributed by atoms with van der Waals surface area (Å²) in [5.41, 5.74) is 7.52. The second-order valence-electron chi connectivity index (χ2n) is 5.14. The quantitative estimate of drug-likeness (QED) is 0.707. The summed E-state index contributed by atoms with van der Waals surface area (Å²) in [7, 11) is 0. The number of aromatic nitrogens is 3. The van der Waals surface area contributed by atoms with Gasteiger partial charge in [-0.2, -0.15) is 5.26 Å². The number of nitrogens with zero attached hydrogens (tertiary/aromatic N) is 4. The first-order valence-corrected chi connectivity index (χ1v) is 6.87. The van der Waals surface area contributed by atoms with Crippen LogP contribution in [-0.4, -0.2) is 19.5 Å². The summed E-state index contributed by atoms with van der Waals surface area (Å²) in [5, 5.41) is 19.1. The lowest BCUT2D eigenvalue weighted by Gasteiger charge is -2.24. The molecule has 7 heteroatoms. The van der Waals surface area contributed by atoms with E-state index >= 15 is 0 Å². The van der Waals surface area contributed by atoms with Gasteiger partial charge in [0.2, 0.25) is 11.7 Å². The van der Waals surface area contributed by atoms with Crippen molar-refractivity contribution in [1.29, 1.82) is 5.26 Å². The average Bonchev–Trinajstić information content (AvgIpc) is 2.96. The number of nitrogens with two attached hydrogens (primary N) is 1. The van der Waals surface area contributed by atoms with E-state index in [2.05, 4.69) is 16.0 Å². The SMILES string of the molecule is N#CC1=C(N)Oc2cc(O)ccc2C1c1cn2cccnc2n1. The van der Waals surface area contributed by atoms with E-state index in [1.807, 2.05) is 6.20 Å². The monoisotopic (exact) mass is 305 g/mol. The molecule has 23 heavy (non-hydrogen) atoms. The van der Waals surface area contributed by atoms with Crippen molar-refractivity contribution < 1.29 is 9.84 Å². The molecule has 0 aliphatic carbocycles. The van der Waals surface area contributed by atoms with Gasteiger partial charge < -0.3 is 15.6 Å². The summed E-state index contributed by atoms with van der Waals surface area (Å²) in [5.74, 6) is 0.556. The Morgan fingerprint density at radius 2 is 2.26 bits per heavy atom. The Morgan fingerprint density at radius 3 is 3.04 bits per heavy atom. The standard InChI is InChI=1S/C16H11N5O2/c17-7-11-14(12-8-21-5-1-4-19-16(21)20-12)10-3-2-9(22)6-13(10)23-15(11)18/h1-6,8,14,22H,18H2. The normalized spacial score (nSPS) is 16.7. The Morgan fingerprint density at radius 1 is 1.39 bits per heavy atom. The summed E-state index contributed by atoms with van der Waals surface area (Å²) in [4.78, 5) is 8.67. The summed E-state index contributed by atoms with van der Waals surface area (Å²) >= 11 is 0. The van der Waals surface area contributed by atoms with Crippen molar-refractivity contribution in [1.82, 2.24) is 14.4 Å². The van der Waals surface area contributed by atoms with Gasteiger partial charge in [0.1, 0.15) is 23.1 Å². The Kier molecular flexibility index (Phi) is 2.71. The number of imidazole rings is 1. The number of hydrogen-bond donors (Lipinski definition) is 2. The van der Waals surface area contributed by atoms with Gasteiger partial charge in [0.05, 0.1) is 11.6 Å². The summed E-state index contributed by atoms with van der Waals surface area (Å²) < 4.78 is 7.24. The summed E-state index contributed by atoms with van der Waals surface area (Å²) in [6.45, 7) is 0. The number of hydrogen-bond acceptors (Lipinski definition) is 6. The minimum absolute atomic E-state index is 0.0145. The molecule has 4 rings (SSSR count). The van der Waals surface area contributed by atoms with E-state index in [-0.39, 0.29) is 17.2 Å². The summed E-state index contributed by atoms with van der Waals surface area (Å²) in [6.07, 6.45) is 5.28. The minimum atomic E-state index is -0.467. The number of benzene rings is 1. The third-order valence-electron chi connectivity index (χ3n) is 3.75. The van der Waals surface area contributed by atoms with E-state index < -0.39 is 5.92 Å². The number of allylic oxidation sites excluding steroid dienone is 1. The molecule has 1 aromatic carbocycles. The van der Waals surface area contributed by atoms with Gasteiger partial charge in [-0.05, 0) is 12.1 Å². The third-order valence-corrected chi connectivity index (χ3v) is 3.75. The molecule has 0 bridgehead atoms. The molecule has 3 aromatic rings. The van der Waals surface area contributed by atoms with Crippen molar-refractivity contribution in [2.45, 2.75) is 5.92 Å². The first-order chi connectivity index (χ1) is 11.2. The second-order valence-corrected chi connectivity index (χ2v) is 5.14. The highest BCUT2D eigenvalue weighted by molar-refractivity contribution is 5.56. The highest BCUT2D eigenvalue weighted by atomic mass is 16.5. The fourth-order valence-corrected chi connectivity index (χ4v) is 2.74. The zero-order chi connectivity index (χ0) is 16.0. The maximum atomic E-state index is 9.64. The zero-order valence-electron chi connectivity index (χ0n) is 11.8. The van der Waals surface area contributed by atoms with Gasteiger partial charge in [-0.25, -0.2) is 9.97 Å². The lowest BCUT2D eigenvalue weighted by Crippen LogP contribution is -2.21. The van der Waals surface area contributed by atoms with E-state index in [4.69, 9.17) is 10.5 Å². The lowest BCUT2D eigenvalue weighted by molar-refractivity contribution is 0.387. The van der Waals surface area contributed by atoms with Crippen LogP contribution in [0.15, 0.2) is 54.3 Å². The smallest absolute Gasteiger partial charge is 0.233 e. The molecule has 0 saturated heterocycles. The van der Waals surface area contributed by atoms with Gasteiger partial charge in [0.15, 0.2) is 0 Å². The van der Waals surface area contributed by atoms with E-state index in [0.717, 1.165) is 5.56 Å². The number of rotatable bonds is 1. The molecule has 112 valence electrons. The van der Waals surface area contributed by atoms with E-state index in [0.29, 0.717) is 17.2 Å². The van der Waals surface area contributed by atoms with E-state index in [1.54, 1.807) is 35.0 Å². The second kappa shape index (κ2) is 4.74. The molecule has 0 spiro atoms. The van der Waals surface area contributed by atoms with Crippen molar-refractivity contribution in [2.75, 3.05) is 0 Å². The largest absolute Gasteiger partial charge is 0.508 e. The van der Waals surface area contributed by atoms with Gasteiger partial charge in [-0.15, -0.1) is 0 Å². The fraction of sp³-hybridized carbons (Fsp3) is 0.0625. The number of aromatic hydroxyl groups is 1. The Hall–Kier alpha value is -3.53. The van der Waals surface area contributed by atoms with Crippen molar-refractivity contribution >= 4 is 5.78 Å². The van der Waals surface area contributed by atoms with Gasteiger partial charge in [-0.3, -0.25) is 4.40 Å². The van der Waals surface area contributed by atoms with Crippen molar-refractivity contribution in [2.24, 2.45) is 5.73 Å². The predicted octanol–water partition coefficient (Wildman–Crippen LogP) is 1.65. The van der Waals surface area contributed by atoms with E-state index in [1.165, 1.54) is 6.07 Å². The van der Waals surface area contributed by atoms with Crippen LogP contribution in [-0.2, 0) is 0 Å². The van der Waals surface area contributed by atoms with Crippen LogP contribution in [0.5, 0.6) is 11.5 Å². The Labute approximate surface area is 130 Å². The zero-order valence-corrected chi connectivity index (χ0v) is 11.8. The molecular formula is C16H11N5O2. The van der Waals surface area contributed by atoms with Crippen molar-refractivity contribution in [3.8, 4) is 17.6 Å². The average molecular weight is 305 g/mol. The minimum Gasteiger partial charge on any atom is -0.508 e. The molecule has 2 aromatic heterocycles. The topological polar surface area (TPSA) is 109 Å². The number of ether oxygens (including phenoxy) is 1. The van der Waals surface area contributed by atoms with Crippen molar-refractivity contribution in [3.05, 3.63) is 65.6 Å². The molecule has 0 radical (unpaired) electrons. The predicted molar refractivity (Wildman–Crippen MR) is 80.4 cm³/mol. The molecule has 3 heterocycles. The maximum Gasteiger partial charge on any atom is 0.233 e. The van der Waals surface area contributed by atoms with Crippen LogP contribution >= 0.6 is 0 Å². The molecule has 1 atom stereocenters. The maximum absolute atomic E-state index is 9.64. The molecular weight excluding hydrogens is 294 g/mol. The van der Waals surface area contributed by atoms with Crippen molar-refractivity contribution in [3.63, 3.8) is 0 Å². The third kappa shape index (κ3) is 1.97. The number of phenols is 1. The Balaban J connectivity index is 1.96. The number of fused-ring (bicyclic) bond motifs is 2.